The molecule has 0 saturated carbocycles. The van der Waals surface area contributed by atoms with Gasteiger partial charge in [-0.25, -0.2) is 0 Å². The number of rotatable bonds is 3. The van der Waals surface area contributed by atoms with Crippen LogP contribution in [0.3, 0.4) is 0 Å². The van der Waals surface area contributed by atoms with E-state index in [-0.39, 0.29) is 5.69 Å². The van der Waals surface area contributed by atoms with Crippen LogP contribution in [0.5, 0.6) is 0 Å². The van der Waals surface area contributed by atoms with Crippen LogP contribution in [-0.2, 0) is 7.05 Å². The minimum atomic E-state index is -0.949. The Morgan fingerprint density at radius 3 is 2.70 bits per heavy atom. The van der Waals surface area contributed by atoms with Crippen molar-refractivity contribution < 1.29 is 14.1 Å². The van der Waals surface area contributed by atoms with Crippen molar-refractivity contribution in [1.29, 1.82) is 0 Å². The van der Waals surface area contributed by atoms with Crippen LogP contribution >= 0.6 is 15.9 Å². The number of nitrogens with one attached hydrogen (secondary N) is 1. The monoisotopic (exact) mass is 341 g/mol. The summed E-state index contributed by atoms with van der Waals surface area (Å²) < 4.78 is 15.5. The average molecular weight is 342 g/mol. The van der Waals surface area contributed by atoms with Gasteiger partial charge in [0.15, 0.2) is 0 Å². The van der Waals surface area contributed by atoms with E-state index in [2.05, 4.69) is 21.2 Å². The second-order valence-corrected chi connectivity index (χ2v) is 4.95. The minimum Gasteiger partial charge on any atom is -0.345 e. The van der Waals surface area contributed by atoms with Crippen LogP contribution in [0.4, 0.5) is 15.8 Å². The summed E-state index contributed by atoms with van der Waals surface area (Å²) in [6.45, 7) is 0. The van der Waals surface area contributed by atoms with Gasteiger partial charge in [0.1, 0.15) is 5.69 Å². The molecule has 0 saturated heterocycles. The van der Waals surface area contributed by atoms with Crippen molar-refractivity contribution in [2.24, 2.45) is 7.05 Å². The molecule has 104 valence electrons. The zero-order chi connectivity index (χ0) is 14.9. The minimum absolute atomic E-state index is 0.153. The molecule has 1 amide bonds. The molecule has 1 heterocycles. The molecule has 2 aromatic rings. The third-order valence-corrected chi connectivity index (χ3v) is 3.04. The summed E-state index contributed by atoms with van der Waals surface area (Å²) in [7, 11) is 1.69. The van der Waals surface area contributed by atoms with E-state index < -0.39 is 22.3 Å². The second kappa shape index (κ2) is 5.41. The predicted molar refractivity (Wildman–Crippen MR) is 74.1 cm³/mol. The molecule has 1 aromatic heterocycles. The lowest BCUT2D eigenvalue weighted by Gasteiger charge is -2.06. The van der Waals surface area contributed by atoms with E-state index in [4.69, 9.17) is 0 Å². The van der Waals surface area contributed by atoms with Crippen LogP contribution < -0.4 is 5.32 Å². The molecule has 0 unspecified atom stereocenters. The van der Waals surface area contributed by atoms with Crippen molar-refractivity contribution in [3.05, 3.63) is 56.6 Å². The first-order valence-corrected chi connectivity index (χ1v) is 6.25. The van der Waals surface area contributed by atoms with Crippen molar-refractivity contribution >= 4 is 33.2 Å². The fraction of sp³-hybridized carbons (Fsp3) is 0.0833. The number of nitrogens with zero attached hydrogens (tertiary/aromatic N) is 2. The standard InChI is InChI=1S/C12H9BrFN3O3/c1-16-6-7(13)4-11(16)12(18)15-8-2-3-9(14)10(5-8)17(19)20/h2-6H,1H3,(H,15,18). The van der Waals surface area contributed by atoms with Crippen LogP contribution in [0.25, 0.3) is 0 Å². The van der Waals surface area contributed by atoms with Gasteiger partial charge in [-0.05, 0) is 34.1 Å². The lowest BCUT2D eigenvalue weighted by Crippen LogP contribution is -2.15. The van der Waals surface area contributed by atoms with Gasteiger partial charge in [0.25, 0.3) is 5.91 Å². The number of aromatic nitrogens is 1. The SMILES string of the molecule is Cn1cc(Br)cc1C(=O)Nc1ccc(F)c([N+](=O)[O-])c1. The summed E-state index contributed by atoms with van der Waals surface area (Å²) in [5.41, 5.74) is -0.167. The fourth-order valence-corrected chi connectivity index (χ4v) is 2.20. The van der Waals surface area contributed by atoms with E-state index in [1.807, 2.05) is 0 Å². The normalized spacial score (nSPS) is 10.3. The van der Waals surface area contributed by atoms with E-state index in [9.17, 15) is 19.3 Å². The van der Waals surface area contributed by atoms with Gasteiger partial charge < -0.3 is 9.88 Å². The first-order chi connectivity index (χ1) is 9.38. The molecule has 2 rings (SSSR count). The molecule has 1 aromatic carbocycles. The van der Waals surface area contributed by atoms with Crippen molar-refractivity contribution in [3.8, 4) is 0 Å². The highest BCUT2D eigenvalue weighted by Gasteiger charge is 2.17. The number of hydrogen-bond donors (Lipinski definition) is 1. The van der Waals surface area contributed by atoms with E-state index in [0.717, 1.165) is 16.6 Å². The third kappa shape index (κ3) is 2.85. The molecule has 0 aliphatic rings. The quantitative estimate of drug-likeness (QED) is 0.688. The van der Waals surface area contributed by atoms with Gasteiger partial charge in [0.05, 0.1) is 4.92 Å². The maximum Gasteiger partial charge on any atom is 0.306 e. The van der Waals surface area contributed by atoms with Crippen LogP contribution in [0.1, 0.15) is 10.5 Å². The molecule has 0 atom stereocenters. The maximum atomic E-state index is 13.2. The summed E-state index contributed by atoms with van der Waals surface area (Å²) in [6.07, 6.45) is 1.70. The zero-order valence-corrected chi connectivity index (χ0v) is 11.8. The average Bonchev–Trinajstić information content (AvgIpc) is 2.70. The first kappa shape index (κ1) is 14.2. The highest BCUT2D eigenvalue weighted by molar-refractivity contribution is 9.10. The van der Waals surface area contributed by atoms with Gasteiger partial charge >= 0.3 is 5.69 Å². The van der Waals surface area contributed by atoms with E-state index in [1.54, 1.807) is 23.9 Å². The molecule has 8 heteroatoms. The van der Waals surface area contributed by atoms with Crippen molar-refractivity contribution in [1.82, 2.24) is 4.57 Å². The number of carbonyl (C=O) groups is 1. The Hall–Kier alpha value is -2.22. The molecule has 6 nitrogen and oxygen atoms in total. The van der Waals surface area contributed by atoms with Crippen LogP contribution in [0, 0.1) is 15.9 Å². The van der Waals surface area contributed by atoms with Gasteiger partial charge in [-0.3, -0.25) is 14.9 Å². The Balaban J connectivity index is 2.26. The molecule has 0 spiro atoms. The van der Waals surface area contributed by atoms with Gasteiger partial charge in [-0.2, -0.15) is 4.39 Å². The second-order valence-electron chi connectivity index (χ2n) is 4.03. The summed E-state index contributed by atoms with van der Waals surface area (Å²) in [5, 5.41) is 13.1. The number of aryl methyl sites for hydroxylation is 1. The first-order valence-electron chi connectivity index (χ1n) is 5.45. The zero-order valence-electron chi connectivity index (χ0n) is 10.3. The molecular formula is C12H9BrFN3O3. The Bertz CT molecular complexity index is 699. The number of hydrogen-bond acceptors (Lipinski definition) is 3. The van der Waals surface area contributed by atoms with Crippen LogP contribution in [0.2, 0.25) is 0 Å². The number of carbonyl (C=O) groups excluding carboxylic acids is 1. The molecule has 0 fully saturated rings. The molecule has 0 bridgehead atoms. The number of nitro groups is 1. The Labute approximate surface area is 121 Å². The van der Waals surface area contributed by atoms with Crippen molar-refractivity contribution in [2.45, 2.75) is 0 Å². The highest BCUT2D eigenvalue weighted by Crippen LogP contribution is 2.22. The molecule has 0 radical (unpaired) electrons. The number of amides is 1. The lowest BCUT2D eigenvalue weighted by atomic mass is 10.2. The summed E-state index contributed by atoms with van der Waals surface area (Å²) in [5.74, 6) is -1.39. The largest absolute Gasteiger partial charge is 0.345 e. The van der Waals surface area contributed by atoms with Crippen LogP contribution in [0.15, 0.2) is 34.9 Å². The summed E-state index contributed by atoms with van der Waals surface area (Å²) in [4.78, 5) is 21.8. The number of benzene rings is 1. The molecule has 0 aliphatic heterocycles. The number of nitro benzene ring substituents is 1. The van der Waals surface area contributed by atoms with E-state index in [0.29, 0.717) is 5.69 Å². The van der Waals surface area contributed by atoms with Gasteiger partial charge in [0.2, 0.25) is 5.82 Å². The molecule has 0 aliphatic carbocycles. The summed E-state index contributed by atoms with van der Waals surface area (Å²) in [6, 6.07) is 4.78. The Morgan fingerprint density at radius 2 is 2.15 bits per heavy atom. The topological polar surface area (TPSA) is 77.2 Å². The van der Waals surface area contributed by atoms with E-state index >= 15 is 0 Å². The Morgan fingerprint density at radius 1 is 1.45 bits per heavy atom. The molecule has 20 heavy (non-hydrogen) atoms. The lowest BCUT2D eigenvalue weighted by molar-refractivity contribution is -0.387. The van der Waals surface area contributed by atoms with Crippen molar-refractivity contribution in [3.63, 3.8) is 0 Å². The van der Waals surface area contributed by atoms with E-state index in [1.165, 1.54) is 6.07 Å². The third-order valence-electron chi connectivity index (χ3n) is 2.60. The van der Waals surface area contributed by atoms with Gasteiger partial charge in [0, 0.05) is 29.5 Å². The Kier molecular flexibility index (Phi) is 3.84. The summed E-state index contributed by atoms with van der Waals surface area (Å²) >= 11 is 3.24. The predicted octanol–water partition coefficient (Wildman–Crippen LogP) is 3.09. The van der Waals surface area contributed by atoms with Crippen LogP contribution in [-0.4, -0.2) is 15.4 Å². The molecule has 1 N–H and O–H groups in total. The van der Waals surface area contributed by atoms with Gasteiger partial charge in [-0.15, -0.1) is 0 Å². The molecular weight excluding hydrogens is 333 g/mol. The fourth-order valence-electron chi connectivity index (χ4n) is 1.68. The highest BCUT2D eigenvalue weighted by atomic mass is 79.9. The van der Waals surface area contributed by atoms with Crippen molar-refractivity contribution in [2.75, 3.05) is 5.32 Å². The van der Waals surface area contributed by atoms with Gasteiger partial charge in [-0.1, -0.05) is 0 Å². The number of halogens is 2. The maximum absolute atomic E-state index is 13.2. The smallest absolute Gasteiger partial charge is 0.306 e. The number of anilines is 1.